The second kappa shape index (κ2) is 9.23. The highest BCUT2D eigenvalue weighted by molar-refractivity contribution is 6.07. The molecule has 8 nitrogen and oxygen atoms in total. The zero-order valence-corrected chi connectivity index (χ0v) is 16.7. The van der Waals surface area contributed by atoms with E-state index in [9.17, 15) is 4.79 Å². The molecule has 4 aromatic rings. The number of nitrogens with zero attached hydrogens (tertiary/aromatic N) is 5. The molecule has 0 aliphatic heterocycles. The van der Waals surface area contributed by atoms with E-state index < -0.39 is 0 Å². The summed E-state index contributed by atoms with van der Waals surface area (Å²) in [6.45, 7) is 1.67. The molecule has 152 valence electrons. The lowest BCUT2D eigenvalue weighted by atomic mass is 10.0. The number of rotatable bonds is 8. The standard InChI is InChI=1S/C22H22N6O2/c1-30-11-5-10-28-15-25-27-21(28)14-24-22(29)18-12-20(16-6-4-9-23-13-16)26-19-8-3-2-7-17(18)19/h2-4,6-9,12-13,15H,5,10-11,14H2,1H3,(H,24,29). The Bertz CT molecular complexity index is 1140. The van der Waals surface area contributed by atoms with Crippen LogP contribution in [0.3, 0.4) is 0 Å². The number of para-hydroxylation sites is 1. The molecule has 8 heteroatoms. The number of benzene rings is 1. The number of methoxy groups -OCH3 is 1. The highest BCUT2D eigenvalue weighted by Crippen LogP contribution is 2.24. The van der Waals surface area contributed by atoms with E-state index in [0.717, 1.165) is 29.4 Å². The number of pyridine rings is 2. The van der Waals surface area contributed by atoms with Crippen molar-refractivity contribution in [1.82, 2.24) is 30.0 Å². The van der Waals surface area contributed by atoms with Crippen LogP contribution < -0.4 is 5.32 Å². The molecule has 0 aliphatic carbocycles. The Morgan fingerprint density at radius 2 is 2.10 bits per heavy atom. The largest absolute Gasteiger partial charge is 0.385 e. The average molecular weight is 402 g/mol. The second-order valence-electron chi connectivity index (χ2n) is 6.78. The summed E-state index contributed by atoms with van der Waals surface area (Å²) in [6.07, 6.45) is 5.96. The Labute approximate surface area is 174 Å². The Balaban J connectivity index is 1.58. The summed E-state index contributed by atoms with van der Waals surface area (Å²) in [4.78, 5) is 21.9. The average Bonchev–Trinajstić information content (AvgIpc) is 3.25. The SMILES string of the molecule is COCCCn1cnnc1CNC(=O)c1cc(-c2cccnc2)nc2ccccc12. The predicted molar refractivity (Wildman–Crippen MR) is 113 cm³/mol. The third kappa shape index (κ3) is 4.33. The van der Waals surface area contributed by atoms with Gasteiger partial charge in [0.25, 0.3) is 5.91 Å². The van der Waals surface area contributed by atoms with Crippen molar-refractivity contribution in [1.29, 1.82) is 0 Å². The minimum Gasteiger partial charge on any atom is -0.385 e. The molecule has 0 aliphatic rings. The van der Waals surface area contributed by atoms with Gasteiger partial charge in [0.15, 0.2) is 5.82 Å². The van der Waals surface area contributed by atoms with Crippen LogP contribution in [-0.4, -0.2) is 44.4 Å². The number of hydrogen-bond donors (Lipinski definition) is 1. The highest BCUT2D eigenvalue weighted by atomic mass is 16.5. The minimum atomic E-state index is -0.190. The normalized spacial score (nSPS) is 11.0. The summed E-state index contributed by atoms with van der Waals surface area (Å²) in [5.41, 5.74) is 2.88. The van der Waals surface area contributed by atoms with Crippen LogP contribution in [0.1, 0.15) is 22.6 Å². The van der Waals surface area contributed by atoms with Crippen molar-refractivity contribution in [2.24, 2.45) is 0 Å². The summed E-state index contributed by atoms with van der Waals surface area (Å²) in [5.74, 6) is 0.510. The number of aromatic nitrogens is 5. The van der Waals surface area contributed by atoms with Crippen LogP contribution in [0, 0.1) is 0 Å². The first kappa shape index (κ1) is 19.7. The number of aryl methyl sites for hydroxylation is 1. The molecule has 0 bridgehead atoms. The molecule has 1 aromatic carbocycles. The molecule has 3 heterocycles. The number of carbonyl (C=O) groups is 1. The molecule has 1 N–H and O–H groups in total. The van der Waals surface area contributed by atoms with Gasteiger partial charge in [-0.05, 0) is 30.7 Å². The zero-order chi connectivity index (χ0) is 20.8. The molecule has 1 amide bonds. The van der Waals surface area contributed by atoms with Gasteiger partial charge in [-0.3, -0.25) is 9.78 Å². The summed E-state index contributed by atoms with van der Waals surface area (Å²) in [7, 11) is 1.67. The molecule has 0 spiro atoms. The number of ether oxygens (including phenoxy) is 1. The molecule has 4 rings (SSSR count). The van der Waals surface area contributed by atoms with E-state index in [0.29, 0.717) is 23.7 Å². The van der Waals surface area contributed by atoms with Crippen molar-refractivity contribution in [2.45, 2.75) is 19.5 Å². The summed E-state index contributed by atoms with van der Waals surface area (Å²) >= 11 is 0. The van der Waals surface area contributed by atoms with Crippen molar-refractivity contribution in [3.63, 3.8) is 0 Å². The van der Waals surface area contributed by atoms with Gasteiger partial charge < -0.3 is 14.6 Å². The predicted octanol–water partition coefficient (Wildman–Crippen LogP) is 2.85. The summed E-state index contributed by atoms with van der Waals surface area (Å²) in [6, 6.07) is 13.2. The van der Waals surface area contributed by atoms with E-state index in [4.69, 9.17) is 9.72 Å². The van der Waals surface area contributed by atoms with Gasteiger partial charge in [0.2, 0.25) is 0 Å². The van der Waals surface area contributed by atoms with Gasteiger partial charge in [0.1, 0.15) is 6.33 Å². The fourth-order valence-electron chi connectivity index (χ4n) is 3.26. The van der Waals surface area contributed by atoms with Gasteiger partial charge in [-0.25, -0.2) is 4.98 Å². The van der Waals surface area contributed by atoms with Gasteiger partial charge >= 0.3 is 0 Å². The molecule has 3 aromatic heterocycles. The number of amides is 1. The maximum atomic E-state index is 13.1. The van der Waals surface area contributed by atoms with Crippen LogP contribution in [0.4, 0.5) is 0 Å². The molecule has 0 radical (unpaired) electrons. The zero-order valence-electron chi connectivity index (χ0n) is 16.7. The van der Waals surface area contributed by atoms with E-state index in [1.54, 1.807) is 31.9 Å². The number of carbonyl (C=O) groups excluding carboxylic acids is 1. The smallest absolute Gasteiger partial charge is 0.252 e. The minimum absolute atomic E-state index is 0.190. The van der Waals surface area contributed by atoms with Gasteiger partial charge in [-0.1, -0.05) is 18.2 Å². The lowest BCUT2D eigenvalue weighted by Gasteiger charge is -2.11. The number of fused-ring (bicyclic) bond motifs is 1. The third-order valence-electron chi connectivity index (χ3n) is 4.77. The van der Waals surface area contributed by atoms with Gasteiger partial charge in [-0.2, -0.15) is 0 Å². The molecule has 0 saturated heterocycles. The molecule has 0 atom stereocenters. The first-order chi connectivity index (χ1) is 14.8. The number of hydrogen-bond acceptors (Lipinski definition) is 6. The fourth-order valence-corrected chi connectivity index (χ4v) is 3.26. The molecular weight excluding hydrogens is 380 g/mol. The van der Waals surface area contributed by atoms with E-state index >= 15 is 0 Å². The van der Waals surface area contributed by atoms with Crippen LogP contribution in [0.5, 0.6) is 0 Å². The lowest BCUT2D eigenvalue weighted by Crippen LogP contribution is -2.25. The first-order valence-electron chi connectivity index (χ1n) is 9.70. The van der Waals surface area contributed by atoms with E-state index in [1.807, 2.05) is 41.0 Å². The van der Waals surface area contributed by atoms with Crippen LogP contribution >= 0.6 is 0 Å². The Morgan fingerprint density at radius 1 is 1.20 bits per heavy atom. The maximum Gasteiger partial charge on any atom is 0.252 e. The van der Waals surface area contributed by atoms with Gasteiger partial charge in [-0.15, -0.1) is 10.2 Å². The molecule has 0 unspecified atom stereocenters. The molecule has 0 fully saturated rings. The van der Waals surface area contributed by atoms with Crippen molar-refractivity contribution in [2.75, 3.05) is 13.7 Å². The monoisotopic (exact) mass is 402 g/mol. The Morgan fingerprint density at radius 3 is 2.93 bits per heavy atom. The Kier molecular flexibility index (Phi) is 6.05. The van der Waals surface area contributed by atoms with E-state index in [2.05, 4.69) is 20.5 Å². The Hall–Kier alpha value is -3.65. The van der Waals surface area contributed by atoms with Gasteiger partial charge in [0, 0.05) is 43.6 Å². The molecule has 0 saturated carbocycles. The number of nitrogens with one attached hydrogen (secondary N) is 1. The fraction of sp³-hybridized carbons (Fsp3) is 0.227. The quantitative estimate of drug-likeness (QED) is 0.456. The maximum absolute atomic E-state index is 13.1. The molecular formula is C22H22N6O2. The summed E-state index contributed by atoms with van der Waals surface area (Å²) < 4.78 is 7.01. The lowest BCUT2D eigenvalue weighted by molar-refractivity contribution is 0.0951. The third-order valence-corrected chi connectivity index (χ3v) is 4.77. The van der Waals surface area contributed by atoms with Crippen molar-refractivity contribution < 1.29 is 9.53 Å². The van der Waals surface area contributed by atoms with Crippen molar-refractivity contribution in [3.8, 4) is 11.3 Å². The van der Waals surface area contributed by atoms with E-state index in [-0.39, 0.29) is 12.5 Å². The van der Waals surface area contributed by atoms with Crippen molar-refractivity contribution >= 4 is 16.8 Å². The van der Waals surface area contributed by atoms with Crippen LogP contribution in [-0.2, 0) is 17.8 Å². The summed E-state index contributed by atoms with van der Waals surface area (Å²) in [5, 5.41) is 11.8. The first-order valence-corrected chi connectivity index (χ1v) is 9.70. The van der Waals surface area contributed by atoms with Crippen LogP contribution in [0.2, 0.25) is 0 Å². The van der Waals surface area contributed by atoms with Gasteiger partial charge in [0.05, 0.1) is 23.3 Å². The van der Waals surface area contributed by atoms with E-state index in [1.165, 1.54) is 0 Å². The second-order valence-corrected chi connectivity index (χ2v) is 6.78. The van der Waals surface area contributed by atoms with Crippen LogP contribution in [0.15, 0.2) is 61.2 Å². The van der Waals surface area contributed by atoms with Crippen molar-refractivity contribution in [3.05, 3.63) is 72.6 Å². The molecule has 30 heavy (non-hydrogen) atoms. The van der Waals surface area contributed by atoms with Crippen LogP contribution in [0.25, 0.3) is 22.2 Å². The highest BCUT2D eigenvalue weighted by Gasteiger charge is 2.15. The topological polar surface area (TPSA) is 94.8 Å².